The topological polar surface area (TPSA) is 152 Å². The van der Waals surface area contributed by atoms with E-state index in [1.54, 1.807) is 6.92 Å². The van der Waals surface area contributed by atoms with E-state index in [4.69, 9.17) is 14.6 Å². The van der Waals surface area contributed by atoms with Gasteiger partial charge in [0.05, 0.1) is 13.2 Å². The molecule has 0 aromatic heterocycles. The van der Waals surface area contributed by atoms with Gasteiger partial charge in [0.2, 0.25) is 0 Å². The van der Waals surface area contributed by atoms with Gasteiger partial charge >= 0.3 is 18.0 Å². The van der Waals surface area contributed by atoms with Gasteiger partial charge in [-0.25, -0.2) is 14.4 Å². The summed E-state index contributed by atoms with van der Waals surface area (Å²) in [5.74, 6) is -2.91. The van der Waals surface area contributed by atoms with E-state index in [0.717, 1.165) is 0 Å². The van der Waals surface area contributed by atoms with Crippen molar-refractivity contribution >= 4 is 29.8 Å². The van der Waals surface area contributed by atoms with E-state index in [-0.39, 0.29) is 13.0 Å². The lowest BCUT2D eigenvalue weighted by Gasteiger charge is -2.16. The van der Waals surface area contributed by atoms with Crippen molar-refractivity contribution in [2.75, 3.05) is 25.2 Å². The van der Waals surface area contributed by atoms with Crippen LogP contribution in [0.15, 0.2) is 11.5 Å². The second-order valence-electron chi connectivity index (χ2n) is 4.91. The van der Waals surface area contributed by atoms with Gasteiger partial charge in [0.1, 0.15) is 12.1 Å². The second kappa shape index (κ2) is 10.1. The molecule has 10 nitrogen and oxygen atoms in total. The van der Waals surface area contributed by atoms with Crippen LogP contribution in [0.3, 0.4) is 0 Å². The van der Waals surface area contributed by atoms with Crippen LogP contribution in [0.5, 0.6) is 0 Å². The largest absolute Gasteiger partial charge is 0.505 e. The van der Waals surface area contributed by atoms with Crippen LogP contribution in [-0.2, 0) is 23.8 Å². The summed E-state index contributed by atoms with van der Waals surface area (Å²) in [6.07, 6.45) is -2.17. The lowest BCUT2D eigenvalue weighted by Crippen LogP contribution is -2.42. The summed E-state index contributed by atoms with van der Waals surface area (Å²) < 4.78 is 14.2. The number of hydrogen-bond donors (Lipinski definition) is 4. The summed E-state index contributed by atoms with van der Waals surface area (Å²) in [6.45, 7) is 0.970. The van der Waals surface area contributed by atoms with Crippen LogP contribution in [-0.4, -0.2) is 76.8 Å². The first-order valence-electron chi connectivity index (χ1n) is 7.42. The van der Waals surface area contributed by atoms with Crippen LogP contribution in [0.25, 0.3) is 0 Å². The minimum atomic E-state index is -1.57. The lowest BCUT2D eigenvalue weighted by atomic mass is 10.2. The van der Waals surface area contributed by atoms with E-state index in [9.17, 15) is 24.6 Å². The molecule has 11 heteroatoms. The third-order valence-electron chi connectivity index (χ3n) is 3.13. The zero-order valence-corrected chi connectivity index (χ0v) is 14.6. The van der Waals surface area contributed by atoms with Gasteiger partial charge in [-0.1, -0.05) is 0 Å². The first kappa shape index (κ1) is 21.1. The Morgan fingerprint density at radius 3 is 2.68 bits per heavy atom. The lowest BCUT2D eigenvalue weighted by molar-refractivity contribution is -0.147. The van der Waals surface area contributed by atoms with Crippen LogP contribution in [0.1, 0.15) is 13.3 Å². The highest BCUT2D eigenvalue weighted by Gasteiger charge is 2.41. The second-order valence-corrected chi connectivity index (χ2v) is 5.90. The molecule has 25 heavy (non-hydrogen) atoms. The minimum Gasteiger partial charge on any atom is -0.505 e. The molecule has 0 aromatic rings. The predicted octanol–water partition coefficient (Wildman–Crippen LogP) is -0.554. The predicted molar refractivity (Wildman–Crippen MR) is 85.7 cm³/mol. The highest BCUT2D eigenvalue weighted by atomic mass is 32.2. The highest BCUT2D eigenvalue weighted by molar-refractivity contribution is 7.98. The summed E-state index contributed by atoms with van der Waals surface area (Å²) >= 11 is 1.46. The number of ether oxygens (including phenoxy) is 3. The number of thioether (sulfide) groups is 1. The Morgan fingerprint density at radius 1 is 1.44 bits per heavy atom. The van der Waals surface area contributed by atoms with E-state index in [0.29, 0.717) is 5.75 Å². The minimum absolute atomic E-state index is 0.129. The molecule has 1 amide bonds. The Kier molecular flexibility index (Phi) is 8.52. The molecule has 0 radical (unpaired) electrons. The van der Waals surface area contributed by atoms with Crippen molar-refractivity contribution in [2.24, 2.45) is 0 Å². The summed E-state index contributed by atoms with van der Waals surface area (Å²) in [5.41, 5.74) is 0. The van der Waals surface area contributed by atoms with E-state index >= 15 is 0 Å². The molecule has 1 rings (SSSR count). The molecule has 0 bridgehead atoms. The number of aliphatic hydroxyl groups is 3. The molecule has 0 saturated heterocycles. The Balaban J connectivity index is 2.76. The fraction of sp³-hybridized carbons (Fsp3) is 0.643. The van der Waals surface area contributed by atoms with E-state index in [1.165, 1.54) is 11.8 Å². The fourth-order valence-electron chi connectivity index (χ4n) is 1.90. The zero-order chi connectivity index (χ0) is 19.0. The molecule has 0 aliphatic carbocycles. The first-order chi connectivity index (χ1) is 11.8. The molecule has 1 heterocycles. The van der Waals surface area contributed by atoms with Crippen molar-refractivity contribution < 1.29 is 43.9 Å². The number of alkyl carbamates (subject to hydrolysis) is 1. The van der Waals surface area contributed by atoms with Gasteiger partial charge in [-0.15, -0.1) is 0 Å². The van der Waals surface area contributed by atoms with Gasteiger partial charge in [-0.2, -0.15) is 11.8 Å². The van der Waals surface area contributed by atoms with Crippen molar-refractivity contribution in [1.82, 2.24) is 5.32 Å². The zero-order valence-electron chi connectivity index (χ0n) is 13.8. The maximum atomic E-state index is 11.9. The SMILES string of the molecule is CCOC(=O)C(CCSC)NC(=O)OC1=C(O)[C@@H]([C@@H](O)CO)OC1=O. The molecule has 4 N–H and O–H groups in total. The molecule has 142 valence electrons. The van der Waals surface area contributed by atoms with Crippen molar-refractivity contribution in [3.8, 4) is 0 Å². The van der Waals surface area contributed by atoms with Crippen LogP contribution in [0.2, 0.25) is 0 Å². The Labute approximate surface area is 148 Å². The third-order valence-corrected chi connectivity index (χ3v) is 3.77. The van der Waals surface area contributed by atoms with Crippen molar-refractivity contribution in [3.63, 3.8) is 0 Å². The average molecular weight is 379 g/mol. The van der Waals surface area contributed by atoms with Gasteiger partial charge in [0.15, 0.2) is 11.9 Å². The van der Waals surface area contributed by atoms with Crippen LogP contribution in [0.4, 0.5) is 4.79 Å². The molecule has 1 aliphatic rings. The standard InChI is InChI=1S/C14H21NO9S/c1-3-22-12(19)7(4-5-25-2)15-14(21)24-11-9(18)10(8(17)6-16)23-13(11)20/h7-8,10,16-18H,3-6H2,1-2H3,(H,15,21)/t7?,8-,10+/m0/s1. The molecule has 0 fully saturated rings. The third kappa shape index (κ3) is 5.80. The van der Waals surface area contributed by atoms with E-state index in [1.807, 2.05) is 6.26 Å². The van der Waals surface area contributed by atoms with Crippen molar-refractivity contribution in [1.29, 1.82) is 0 Å². The van der Waals surface area contributed by atoms with Crippen molar-refractivity contribution in [3.05, 3.63) is 11.5 Å². The number of carbonyl (C=O) groups excluding carboxylic acids is 3. The molecular formula is C14H21NO9S. The molecule has 0 spiro atoms. The first-order valence-corrected chi connectivity index (χ1v) is 8.82. The van der Waals surface area contributed by atoms with E-state index < -0.39 is 54.4 Å². The van der Waals surface area contributed by atoms with Gasteiger partial charge in [0, 0.05) is 0 Å². The summed E-state index contributed by atoms with van der Waals surface area (Å²) in [5, 5.41) is 30.3. The molecular weight excluding hydrogens is 358 g/mol. The number of amides is 1. The van der Waals surface area contributed by atoms with Crippen LogP contribution >= 0.6 is 11.8 Å². The number of hydrogen-bond acceptors (Lipinski definition) is 10. The monoisotopic (exact) mass is 379 g/mol. The number of esters is 2. The molecule has 0 aromatic carbocycles. The summed E-state index contributed by atoms with van der Waals surface area (Å²) in [6, 6.07) is -0.987. The van der Waals surface area contributed by atoms with Gasteiger partial charge in [0.25, 0.3) is 5.76 Å². The quantitative estimate of drug-likeness (QED) is 0.303. The average Bonchev–Trinajstić information content (AvgIpc) is 2.86. The Bertz CT molecular complexity index is 536. The van der Waals surface area contributed by atoms with Gasteiger partial charge in [-0.05, 0) is 25.4 Å². The Morgan fingerprint density at radius 2 is 2.12 bits per heavy atom. The Hall–Kier alpha value is -1.98. The molecule has 0 saturated carbocycles. The number of cyclic esters (lactones) is 1. The maximum Gasteiger partial charge on any atom is 0.413 e. The number of nitrogens with one attached hydrogen (secondary N) is 1. The normalized spacial score (nSPS) is 19.2. The van der Waals surface area contributed by atoms with Gasteiger partial charge < -0.3 is 34.8 Å². The van der Waals surface area contributed by atoms with Crippen LogP contribution < -0.4 is 5.32 Å². The van der Waals surface area contributed by atoms with Crippen molar-refractivity contribution in [2.45, 2.75) is 31.6 Å². The maximum absolute atomic E-state index is 11.9. The van der Waals surface area contributed by atoms with E-state index in [2.05, 4.69) is 10.1 Å². The summed E-state index contributed by atoms with van der Waals surface area (Å²) in [4.78, 5) is 35.3. The molecule has 1 aliphatic heterocycles. The molecule has 1 unspecified atom stereocenters. The number of carbonyl (C=O) groups is 3. The van der Waals surface area contributed by atoms with Crippen LogP contribution in [0, 0.1) is 0 Å². The fourth-order valence-corrected chi connectivity index (χ4v) is 2.37. The van der Waals surface area contributed by atoms with Gasteiger partial charge in [-0.3, -0.25) is 0 Å². The summed E-state index contributed by atoms with van der Waals surface area (Å²) in [7, 11) is 0. The number of rotatable bonds is 9. The highest BCUT2D eigenvalue weighted by Crippen LogP contribution is 2.24. The smallest absolute Gasteiger partial charge is 0.413 e. The molecule has 3 atom stereocenters. The number of aliphatic hydroxyl groups excluding tert-OH is 3.